The largest absolute Gasteiger partial charge is 0.399 e. The first-order valence-electron chi connectivity index (χ1n) is 6.45. The smallest absolute Gasteiger partial charge is 0.0346 e. The maximum atomic E-state index is 5.93. The summed E-state index contributed by atoms with van der Waals surface area (Å²) >= 11 is 0. The Labute approximate surface area is 106 Å². The minimum absolute atomic E-state index is 0.609. The minimum Gasteiger partial charge on any atom is -0.399 e. The van der Waals surface area contributed by atoms with Gasteiger partial charge < -0.3 is 5.73 Å². The van der Waals surface area contributed by atoms with Gasteiger partial charge in [0.25, 0.3) is 0 Å². The van der Waals surface area contributed by atoms with Crippen LogP contribution in [0.5, 0.6) is 0 Å². The van der Waals surface area contributed by atoms with Gasteiger partial charge in [-0.2, -0.15) is 0 Å². The Morgan fingerprint density at radius 2 is 1.88 bits per heavy atom. The monoisotopic (exact) mass is 234 g/mol. The fourth-order valence-corrected chi connectivity index (χ4v) is 2.09. The molecule has 0 amide bonds. The van der Waals surface area contributed by atoms with Gasteiger partial charge in [0.05, 0.1) is 0 Å². The van der Waals surface area contributed by atoms with Crippen LogP contribution in [-0.4, -0.2) is 18.0 Å². The number of nitrogen functional groups attached to an aromatic ring is 1. The number of anilines is 1. The second-order valence-electron chi connectivity index (χ2n) is 5.58. The molecule has 2 heteroatoms. The minimum atomic E-state index is 0.609. The summed E-state index contributed by atoms with van der Waals surface area (Å²) in [5.41, 5.74) is 9.29. The van der Waals surface area contributed by atoms with Gasteiger partial charge in [-0.15, -0.1) is 0 Å². The van der Waals surface area contributed by atoms with E-state index in [1.807, 2.05) is 6.92 Å². The molecular weight excluding hydrogens is 208 g/mol. The van der Waals surface area contributed by atoms with Crippen LogP contribution in [0.3, 0.4) is 0 Å². The Balaban J connectivity index is 2.61. The number of aryl methyl sites for hydroxylation is 1. The van der Waals surface area contributed by atoms with Gasteiger partial charge in [0.2, 0.25) is 0 Å². The van der Waals surface area contributed by atoms with Gasteiger partial charge in [0, 0.05) is 18.3 Å². The van der Waals surface area contributed by atoms with Crippen molar-refractivity contribution in [2.45, 2.75) is 46.7 Å². The highest BCUT2D eigenvalue weighted by Gasteiger charge is 2.11. The van der Waals surface area contributed by atoms with E-state index in [2.05, 4.69) is 50.9 Å². The first-order valence-corrected chi connectivity index (χ1v) is 6.45. The molecule has 0 aliphatic heterocycles. The van der Waals surface area contributed by atoms with Crippen LogP contribution in [0.2, 0.25) is 0 Å². The van der Waals surface area contributed by atoms with Crippen LogP contribution in [-0.2, 0) is 6.54 Å². The number of nitrogens with zero attached hydrogens (tertiary/aromatic N) is 1. The molecule has 0 aliphatic carbocycles. The molecule has 0 aliphatic rings. The lowest BCUT2D eigenvalue weighted by molar-refractivity contribution is 0.220. The van der Waals surface area contributed by atoms with Crippen LogP contribution in [0, 0.1) is 12.8 Å². The van der Waals surface area contributed by atoms with E-state index in [1.54, 1.807) is 0 Å². The summed E-state index contributed by atoms with van der Waals surface area (Å²) in [6, 6.07) is 6.97. The van der Waals surface area contributed by atoms with E-state index < -0.39 is 0 Å². The summed E-state index contributed by atoms with van der Waals surface area (Å²) in [5.74, 6) is 0.746. The zero-order chi connectivity index (χ0) is 13.0. The van der Waals surface area contributed by atoms with Crippen molar-refractivity contribution in [3.63, 3.8) is 0 Å². The van der Waals surface area contributed by atoms with Gasteiger partial charge in [-0.1, -0.05) is 26.0 Å². The molecule has 1 aromatic rings. The summed E-state index contributed by atoms with van der Waals surface area (Å²) < 4.78 is 0. The third-order valence-corrected chi connectivity index (χ3v) is 3.34. The molecule has 2 N–H and O–H groups in total. The molecule has 1 unspecified atom stereocenters. The van der Waals surface area contributed by atoms with E-state index in [0.29, 0.717) is 6.04 Å². The maximum Gasteiger partial charge on any atom is 0.0346 e. The average molecular weight is 234 g/mol. The van der Waals surface area contributed by atoms with Crippen molar-refractivity contribution >= 4 is 5.69 Å². The van der Waals surface area contributed by atoms with Crippen molar-refractivity contribution in [2.24, 2.45) is 5.92 Å². The standard InChI is InChI=1S/C15H26N2/c1-11(2)8-13(4)17(5)10-14-7-6-12(3)15(16)9-14/h6-7,9,11,13H,8,10,16H2,1-5H3. The van der Waals surface area contributed by atoms with Crippen molar-refractivity contribution in [1.82, 2.24) is 4.90 Å². The molecule has 17 heavy (non-hydrogen) atoms. The molecule has 1 rings (SSSR count). The first-order chi connectivity index (χ1) is 7.90. The van der Waals surface area contributed by atoms with Crippen molar-refractivity contribution in [3.8, 4) is 0 Å². The zero-order valence-corrected chi connectivity index (χ0v) is 11.8. The van der Waals surface area contributed by atoms with E-state index in [4.69, 9.17) is 5.73 Å². The number of benzene rings is 1. The van der Waals surface area contributed by atoms with Crippen LogP contribution < -0.4 is 5.73 Å². The summed E-state index contributed by atoms with van der Waals surface area (Å²) in [6.07, 6.45) is 1.23. The first kappa shape index (κ1) is 14.0. The van der Waals surface area contributed by atoms with Gasteiger partial charge in [0.15, 0.2) is 0 Å². The van der Waals surface area contributed by atoms with Crippen LogP contribution in [0.15, 0.2) is 18.2 Å². The normalized spacial score (nSPS) is 13.4. The second kappa shape index (κ2) is 6.06. The van der Waals surface area contributed by atoms with Crippen LogP contribution in [0.1, 0.15) is 38.3 Å². The Bertz CT molecular complexity index is 358. The Morgan fingerprint density at radius 1 is 1.24 bits per heavy atom. The van der Waals surface area contributed by atoms with Crippen molar-refractivity contribution in [2.75, 3.05) is 12.8 Å². The molecule has 2 nitrogen and oxygen atoms in total. The zero-order valence-electron chi connectivity index (χ0n) is 11.8. The predicted octanol–water partition coefficient (Wildman–Crippen LogP) is 3.44. The average Bonchev–Trinajstić information content (AvgIpc) is 2.22. The van der Waals surface area contributed by atoms with Gasteiger partial charge in [-0.25, -0.2) is 0 Å². The molecule has 0 saturated heterocycles. The molecule has 1 aromatic carbocycles. The van der Waals surface area contributed by atoms with Crippen LogP contribution in [0.25, 0.3) is 0 Å². The number of hydrogen-bond acceptors (Lipinski definition) is 2. The van der Waals surface area contributed by atoms with E-state index in [-0.39, 0.29) is 0 Å². The van der Waals surface area contributed by atoms with Gasteiger partial charge in [-0.05, 0) is 50.4 Å². The number of rotatable bonds is 5. The highest BCUT2D eigenvalue weighted by Crippen LogP contribution is 2.16. The third kappa shape index (κ3) is 4.39. The maximum absolute atomic E-state index is 5.93. The van der Waals surface area contributed by atoms with Crippen molar-refractivity contribution in [1.29, 1.82) is 0 Å². The van der Waals surface area contributed by atoms with Gasteiger partial charge >= 0.3 is 0 Å². The second-order valence-corrected chi connectivity index (χ2v) is 5.58. The molecule has 0 aromatic heterocycles. The van der Waals surface area contributed by atoms with Crippen molar-refractivity contribution < 1.29 is 0 Å². The SMILES string of the molecule is Cc1ccc(CN(C)C(C)CC(C)C)cc1N. The lowest BCUT2D eigenvalue weighted by Gasteiger charge is -2.26. The Hall–Kier alpha value is -1.02. The third-order valence-electron chi connectivity index (χ3n) is 3.34. The molecule has 96 valence electrons. The quantitative estimate of drug-likeness (QED) is 0.791. The highest BCUT2D eigenvalue weighted by molar-refractivity contribution is 5.48. The lowest BCUT2D eigenvalue weighted by Crippen LogP contribution is -2.29. The summed E-state index contributed by atoms with van der Waals surface area (Å²) in [5, 5.41) is 0. The van der Waals surface area contributed by atoms with E-state index >= 15 is 0 Å². The molecule has 1 atom stereocenters. The Kier molecular flexibility index (Phi) is 5.01. The number of hydrogen-bond donors (Lipinski definition) is 1. The fourth-order valence-electron chi connectivity index (χ4n) is 2.09. The molecule has 0 heterocycles. The van der Waals surface area contributed by atoms with Crippen LogP contribution in [0.4, 0.5) is 5.69 Å². The van der Waals surface area contributed by atoms with Gasteiger partial charge in [0.1, 0.15) is 0 Å². The summed E-state index contributed by atoms with van der Waals surface area (Å²) in [7, 11) is 2.18. The Morgan fingerprint density at radius 3 is 2.41 bits per heavy atom. The van der Waals surface area contributed by atoms with Gasteiger partial charge in [-0.3, -0.25) is 4.90 Å². The predicted molar refractivity (Wildman–Crippen MR) is 76.0 cm³/mol. The van der Waals surface area contributed by atoms with E-state index in [1.165, 1.54) is 12.0 Å². The highest BCUT2D eigenvalue weighted by atomic mass is 15.1. The van der Waals surface area contributed by atoms with Crippen molar-refractivity contribution in [3.05, 3.63) is 29.3 Å². The van der Waals surface area contributed by atoms with E-state index in [0.717, 1.165) is 23.7 Å². The molecule has 0 bridgehead atoms. The number of nitrogens with two attached hydrogens (primary N) is 1. The fraction of sp³-hybridized carbons (Fsp3) is 0.600. The van der Waals surface area contributed by atoms with E-state index in [9.17, 15) is 0 Å². The lowest BCUT2D eigenvalue weighted by atomic mass is 10.0. The summed E-state index contributed by atoms with van der Waals surface area (Å²) in [4.78, 5) is 2.39. The molecular formula is C15H26N2. The molecule has 0 spiro atoms. The molecule has 0 fully saturated rings. The molecule has 0 radical (unpaired) electrons. The van der Waals surface area contributed by atoms with Crippen LogP contribution >= 0.6 is 0 Å². The molecule has 0 saturated carbocycles. The summed E-state index contributed by atoms with van der Waals surface area (Å²) in [6.45, 7) is 9.85. The topological polar surface area (TPSA) is 29.3 Å².